The van der Waals surface area contributed by atoms with Gasteiger partial charge >= 0.3 is 17.4 Å². The fraction of sp³-hybridized carbons (Fsp3) is 0. The quantitative estimate of drug-likeness (QED) is 0.435. The van der Waals surface area contributed by atoms with Crippen molar-refractivity contribution < 1.29 is 42.2 Å². The predicted octanol–water partition coefficient (Wildman–Crippen LogP) is -3.63. The van der Waals surface area contributed by atoms with E-state index < -0.39 is 0 Å². The van der Waals surface area contributed by atoms with Crippen LogP contribution in [0, 0.1) is 0 Å². The number of nitrogen functional groups attached to an aromatic ring is 1. The first kappa shape index (κ1) is 17.0. The van der Waals surface area contributed by atoms with E-state index in [1.807, 2.05) is 30.3 Å². The van der Waals surface area contributed by atoms with E-state index >= 15 is 0 Å². The summed E-state index contributed by atoms with van der Waals surface area (Å²) >= 11 is 0. The van der Waals surface area contributed by atoms with Crippen LogP contribution in [0.5, 0.6) is 0 Å². The molecule has 0 saturated heterocycles. The summed E-state index contributed by atoms with van der Waals surface area (Å²) in [4.78, 5) is 8.65. The van der Waals surface area contributed by atoms with Crippen LogP contribution in [0.3, 0.4) is 0 Å². The van der Waals surface area contributed by atoms with Gasteiger partial charge in [0, 0.05) is 17.0 Å². The van der Waals surface area contributed by atoms with Crippen molar-refractivity contribution in [1.29, 1.82) is 0 Å². The summed E-state index contributed by atoms with van der Waals surface area (Å²) in [6.45, 7) is 0. The molecule has 0 amide bonds. The monoisotopic (exact) mass is 317 g/mol. The van der Waals surface area contributed by atoms with Crippen molar-refractivity contribution in [3.63, 3.8) is 0 Å². The normalized spacial score (nSPS) is 9.11. The largest absolute Gasteiger partial charge is 2.00 e. The zero-order chi connectivity index (χ0) is 10.3. The number of rotatable bonds is 0. The molecule has 3 aromatic rings. The molecular weight excluding hydrogens is 309 g/mol. The molecule has 2 N–H and O–H groups in total. The number of nitrogens with two attached hydrogens (primary N) is 1. The maximum atomic E-state index is 5.68. The average Bonchev–Trinajstić information content (AvgIpc) is 2.29. The van der Waals surface area contributed by atoms with Crippen molar-refractivity contribution in [3.05, 3.63) is 42.6 Å². The number of benzene rings is 1. The fourth-order valence-corrected chi connectivity index (χ4v) is 1.74. The minimum Gasteiger partial charge on any atom is -1.00 e. The van der Waals surface area contributed by atoms with Gasteiger partial charge in [-0.3, -0.25) is 4.98 Å². The van der Waals surface area contributed by atoms with Crippen LogP contribution in [-0.2, 0) is 17.4 Å². The summed E-state index contributed by atoms with van der Waals surface area (Å²) in [6, 6.07) is 11.8. The summed E-state index contributed by atoms with van der Waals surface area (Å²) in [6.07, 6.45) is 1.77. The Morgan fingerprint density at radius 3 is 2.17 bits per heavy atom. The second kappa shape index (κ2) is 6.77. The Morgan fingerprint density at radius 2 is 1.44 bits per heavy atom. The molecule has 2 aromatic heterocycles. The van der Waals surface area contributed by atoms with Crippen LogP contribution in [0.1, 0.15) is 0 Å². The number of hydrogen-bond acceptors (Lipinski definition) is 3. The molecule has 0 aliphatic carbocycles. The molecule has 0 aliphatic heterocycles. The van der Waals surface area contributed by atoms with E-state index in [-0.39, 0.29) is 42.2 Å². The number of pyridine rings is 2. The van der Waals surface area contributed by atoms with Crippen molar-refractivity contribution >= 4 is 27.6 Å². The molecule has 0 spiro atoms. The number of aromatic nitrogens is 2. The van der Waals surface area contributed by atoms with Gasteiger partial charge in [0.25, 0.3) is 0 Å². The number of nitrogens with zero attached hydrogens (tertiary/aromatic N) is 2. The van der Waals surface area contributed by atoms with Crippen molar-refractivity contribution in [3.8, 4) is 0 Å². The molecule has 3 rings (SSSR count). The molecule has 0 bridgehead atoms. The summed E-state index contributed by atoms with van der Waals surface area (Å²) in [5.41, 5.74) is 7.45. The number of halogens is 2. The van der Waals surface area contributed by atoms with E-state index in [9.17, 15) is 0 Å². The van der Waals surface area contributed by atoms with Crippen molar-refractivity contribution in [2.24, 2.45) is 0 Å². The molecule has 2 heterocycles. The van der Waals surface area contributed by atoms with Gasteiger partial charge in [-0.2, -0.15) is 0 Å². The average molecular weight is 318 g/mol. The maximum absolute atomic E-state index is 5.68. The van der Waals surface area contributed by atoms with E-state index in [4.69, 9.17) is 5.73 Å². The van der Waals surface area contributed by atoms with Crippen molar-refractivity contribution in [1.82, 2.24) is 9.97 Å². The van der Waals surface area contributed by atoms with E-state index in [0.717, 1.165) is 21.8 Å². The zero-order valence-electron chi connectivity index (χ0n) is 9.18. The first-order valence-electron chi connectivity index (χ1n) is 4.74. The molecule has 92 valence electrons. The van der Waals surface area contributed by atoms with Crippen LogP contribution in [0.4, 0.5) is 5.82 Å². The molecule has 1 aromatic carbocycles. The minimum absolute atomic E-state index is 0. The standard InChI is InChI=1S/C12H9N3.2ClH.Cr/c13-10-6-5-9-4-3-8-2-1-7-14-11(8)12(9)15-10;;;/h1-7H,(H2,13,15);2*1H;/q;;;+2/p-2. The molecule has 18 heavy (non-hydrogen) atoms. The van der Waals surface area contributed by atoms with Crippen LogP contribution in [0.15, 0.2) is 42.6 Å². The van der Waals surface area contributed by atoms with E-state index in [2.05, 4.69) is 9.97 Å². The Balaban J connectivity index is 0.000000963. The van der Waals surface area contributed by atoms with Gasteiger partial charge < -0.3 is 30.5 Å². The van der Waals surface area contributed by atoms with Crippen LogP contribution in [0.25, 0.3) is 21.8 Å². The number of hydrogen-bond donors (Lipinski definition) is 1. The van der Waals surface area contributed by atoms with Crippen molar-refractivity contribution in [2.75, 3.05) is 5.73 Å². The van der Waals surface area contributed by atoms with Crippen LogP contribution < -0.4 is 30.5 Å². The van der Waals surface area contributed by atoms with Gasteiger partial charge in [-0.05, 0) is 18.2 Å². The summed E-state index contributed by atoms with van der Waals surface area (Å²) in [5.74, 6) is 0.528. The Kier molecular flexibility index (Phi) is 6.38. The molecule has 0 aliphatic rings. The summed E-state index contributed by atoms with van der Waals surface area (Å²) < 4.78 is 0. The third kappa shape index (κ3) is 2.85. The van der Waals surface area contributed by atoms with E-state index in [1.54, 1.807) is 12.3 Å². The Morgan fingerprint density at radius 1 is 0.833 bits per heavy atom. The molecule has 0 unspecified atom stereocenters. The molecular formula is C12H9Cl2CrN3. The molecule has 0 radical (unpaired) electrons. The van der Waals surface area contributed by atoms with Crippen LogP contribution >= 0.6 is 0 Å². The van der Waals surface area contributed by atoms with Gasteiger partial charge in [0.05, 0.1) is 11.0 Å². The Bertz CT molecular complexity index is 661. The van der Waals surface area contributed by atoms with Crippen LogP contribution in [-0.4, -0.2) is 9.97 Å². The fourth-order valence-electron chi connectivity index (χ4n) is 1.74. The predicted molar refractivity (Wildman–Crippen MR) is 61.5 cm³/mol. The molecule has 0 atom stereocenters. The van der Waals surface area contributed by atoms with Gasteiger partial charge in [-0.25, -0.2) is 4.98 Å². The summed E-state index contributed by atoms with van der Waals surface area (Å²) in [7, 11) is 0. The second-order valence-electron chi connectivity index (χ2n) is 3.45. The number of fused-ring (bicyclic) bond motifs is 3. The molecule has 6 heteroatoms. The maximum Gasteiger partial charge on any atom is 2.00 e. The van der Waals surface area contributed by atoms with Gasteiger partial charge in [-0.15, -0.1) is 0 Å². The van der Waals surface area contributed by atoms with E-state index in [1.165, 1.54) is 0 Å². The van der Waals surface area contributed by atoms with Crippen molar-refractivity contribution in [2.45, 2.75) is 0 Å². The third-order valence-electron chi connectivity index (χ3n) is 2.45. The van der Waals surface area contributed by atoms with Gasteiger partial charge in [0.15, 0.2) is 0 Å². The Labute approximate surface area is 128 Å². The third-order valence-corrected chi connectivity index (χ3v) is 2.45. The molecule has 3 nitrogen and oxygen atoms in total. The smallest absolute Gasteiger partial charge is 1.00 e. The first-order chi connectivity index (χ1) is 7.34. The van der Waals surface area contributed by atoms with E-state index in [0.29, 0.717) is 5.82 Å². The molecule has 0 fully saturated rings. The van der Waals surface area contributed by atoms with Gasteiger partial charge in [0.1, 0.15) is 5.82 Å². The summed E-state index contributed by atoms with van der Waals surface area (Å²) in [5, 5.41) is 2.15. The number of anilines is 1. The topological polar surface area (TPSA) is 51.8 Å². The van der Waals surface area contributed by atoms with Gasteiger partial charge in [0.2, 0.25) is 0 Å². The van der Waals surface area contributed by atoms with Gasteiger partial charge in [-0.1, -0.05) is 18.2 Å². The first-order valence-corrected chi connectivity index (χ1v) is 4.74. The minimum atomic E-state index is 0. The second-order valence-corrected chi connectivity index (χ2v) is 3.45. The zero-order valence-corrected chi connectivity index (χ0v) is 12.0. The SMILES string of the molecule is Nc1ccc2ccc3cccnc3c2n1.[Cl-].[Cl-].[Cr+2]. The Hall–Kier alpha value is -1.05. The van der Waals surface area contributed by atoms with Crippen LogP contribution in [0.2, 0.25) is 0 Å². The molecule has 0 saturated carbocycles.